The van der Waals surface area contributed by atoms with Crippen molar-refractivity contribution in [3.8, 4) is 5.75 Å². The van der Waals surface area contributed by atoms with Gasteiger partial charge in [-0.15, -0.1) is 0 Å². The van der Waals surface area contributed by atoms with Crippen LogP contribution in [-0.2, 0) is 6.54 Å². The lowest BCUT2D eigenvalue weighted by Crippen LogP contribution is -2.34. The van der Waals surface area contributed by atoms with E-state index in [0.717, 1.165) is 16.9 Å². The second kappa shape index (κ2) is 6.76. The van der Waals surface area contributed by atoms with Crippen molar-refractivity contribution in [1.82, 2.24) is 4.90 Å². The van der Waals surface area contributed by atoms with Crippen LogP contribution in [0.3, 0.4) is 0 Å². The van der Waals surface area contributed by atoms with E-state index in [1.165, 1.54) is 37.7 Å². The first kappa shape index (κ1) is 14.9. The molecule has 19 heavy (non-hydrogen) atoms. The van der Waals surface area contributed by atoms with Gasteiger partial charge in [0.15, 0.2) is 0 Å². The molecule has 0 saturated heterocycles. The molecule has 0 bridgehead atoms. The number of nitrogens with zero attached hydrogens (tertiary/aromatic N) is 1. The molecule has 0 amide bonds. The third kappa shape index (κ3) is 3.96. The maximum absolute atomic E-state index is 9.59. The summed E-state index contributed by atoms with van der Waals surface area (Å²) in [7, 11) is 2.20. The van der Waals surface area contributed by atoms with E-state index in [0.29, 0.717) is 11.8 Å². The molecule has 1 saturated carbocycles. The van der Waals surface area contributed by atoms with E-state index in [2.05, 4.69) is 34.8 Å². The van der Waals surface area contributed by atoms with Gasteiger partial charge in [-0.25, -0.2) is 0 Å². The summed E-state index contributed by atoms with van der Waals surface area (Å²) in [5, 5.41) is 9.59. The number of aromatic hydroxyl groups is 1. The predicted molar refractivity (Wildman–Crippen MR) is 83.3 cm³/mol. The van der Waals surface area contributed by atoms with Gasteiger partial charge in [-0.3, -0.25) is 4.90 Å². The van der Waals surface area contributed by atoms with Gasteiger partial charge in [0.2, 0.25) is 0 Å². The fourth-order valence-electron chi connectivity index (χ4n) is 3.07. The van der Waals surface area contributed by atoms with Crippen LogP contribution < -0.4 is 0 Å². The number of phenolic OH excluding ortho intramolecular Hbond substituents is 1. The van der Waals surface area contributed by atoms with E-state index < -0.39 is 0 Å². The van der Waals surface area contributed by atoms with Gasteiger partial charge in [-0.2, -0.15) is 0 Å². The van der Waals surface area contributed by atoms with Crippen LogP contribution in [0.15, 0.2) is 22.7 Å². The molecule has 1 N–H and O–H groups in total. The van der Waals surface area contributed by atoms with Crippen LogP contribution in [0.4, 0.5) is 0 Å². The van der Waals surface area contributed by atoms with Crippen molar-refractivity contribution in [3.05, 3.63) is 28.2 Å². The molecule has 1 aromatic carbocycles. The van der Waals surface area contributed by atoms with Gasteiger partial charge in [0.1, 0.15) is 5.75 Å². The second-order valence-corrected chi connectivity index (χ2v) is 6.63. The number of benzene rings is 1. The third-order valence-electron chi connectivity index (χ3n) is 4.47. The van der Waals surface area contributed by atoms with Crippen molar-refractivity contribution in [1.29, 1.82) is 0 Å². The summed E-state index contributed by atoms with van der Waals surface area (Å²) in [5.74, 6) is 1.29. The van der Waals surface area contributed by atoms with Crippen molar-refractivity contribution in [2.75, 3.05) is 7.05 Å². The van der Waals surface area contributed by atoms with Gasteiger partial charge in [0, 0.05) is 17.1 Å². The monoisotopic (exact) mass is 325 g/mol. The SMILES string of the molecule is CCC1CCC(N(C)Cc2cc(O)ccc2Br)CC1. The molecule has 2 nitrogen and oxygen atoms in total. The van der Waals surface area contributed by atoms with Crippen LogP contribution in [0.2, 0.25) is 0 Å². The first-order valence-electron chi connectivity index (χ1n) is 7.27. The maximum Gasteiger partial charge on any atom is 0.115 e. The number of hydrogen-bond donors (Lipinski definition) is 1. The smallest absolute Gasteiger partial charge is 0.115 e. The van der Waals surface area contributed by atoms with Crippen LogP contribution in [0.25, 0.3) is 0 Å². The van der Waals surface area contributed by atoms with Crippen LogP contribution in [0.1, 0.15) is 44.6 Å². The summed E-state index contributed by atoms with van der Waals surface area (Å²) in [6.45, 7) is 3.20. The largest absolute Gasteiger partial charge is 0.508 e. The van der Waals surface area contributed by atoms with Gasteiger partial charge >= 0.3 is 0 Å². The van der Waals surface area contributed by atoms with Crippen molar-refractivity contribution in [2.45, 2.75) is 51.6 Å². The number of phenols is 1. The lowest BCUT2D eigenvalue weighted by atomic mass is 9.84. The molecule has 3 heteroatoms. The van der Waals surface area contributed by atoms with E-state index in [9.17, 15) is 5.11 Å². The number of rotatable bonds is 4. The van der Waals surface area contributed by atoms with Crippen molar-refractivity contribution in [3.63, 3.8) is 0 Å². The Labute approximate surface area is 124 Å². The minimum atomic E-state index is 0.348. The zero-order chi connectivity index (χ0) is 13.8. The first-order valence-corrected chi connectivity index (χ1v) is 8.07. The Morgan fingerprint density at radius 3 is 2.58 bits per heavy atom. The Morgan fingerprint density at radius 1 is 1.26 bits per heavy atom. The average molecular weight is 326 g/mol. The highest BCUT2D eigenvalue weighted by Gasteiger charge is 2.23. The molecule has 1 aliphatic carbocycles. The molecule has 0 heterocycles. The molecule has 0 aromatic heterocycles. The summed E-state index contributed by atoms with van der Waals surface area (Å²) in [6, 6.07) is 6.20. The van der Waals surface area contributed by atoms with E-state index in [-0.39, 0.29) is 0 Å². The lowest BCUT2D eigenvalue weighted by Gasteiger charge is -2.34. The maximum atomic E-state index is 9.59. The van der Waals surface area contributed by atoms with Gasteiger partial charge in [-0.05, 0) is 62.4 Å². The minimum absolute atomic E-state index is 0.348. The highest BCUT2D eigenvalue weighted by Crippen LogP contribution is 2.30. The summed E-state index contributed by atoms with van der Waals surface area (Å²) < 4.78 is 1.08. The highest BCUT2D eigenvalue weighted by molar-refractivity contribution is 9.10. The average Bonchev–Trinajstić information content (AvgIpc) is 2.43. The van der Waals surface area contributed by atoms with Crippen molar-refractivity contribution >= 4 is 15.9 Å². The molecular formula is C16H24BrNO. The van der Waals surface area contributed by atoms with E-state index >= 15 is 0 Å². The Hall–Kier alpha value is -0.540. The molecule has 0 radical (unpaired) electrons. The van der Waals surface area contributed by atoms with Crippen LogP contribution >= 0.6 is 15.9 Å². The molecule has 2 rings (SSSR count). The Morgan fingerprint density at radius 2 is 1.95 bits per heavy atom. The summed E-state index contributed by atoms with van der Waals surface area (Å²) in [5.41, 5.74) is 1.17. The molecule has 106 valence electrons. The number of hydrogen-bond acceptors (Lipinski definition) is 2. The molecular weight excluding hydrogens is 302 g/mol. The Kier molecular flexibility index (Phi) is 5.28. The summed E-state index contributed by atoms with van der Waals surface area (Å²) in [6.07, 6.45) is 6.69. The Balaban J connectivity index is 1.94. The Bertz CT molecular complexity index is 413. The zero-order valence-corrected chi connectivity index (χ0v) is 13.5. The quantitative estimate of drug-likeness (QED) is 0.877. The van der Waals surface area contributed by atoms with Crippen LogP contribution in [-0.4, -0.2) is 23.1 Å². The molecule has 1 aliphatic rings. The second-order valence-electron chi connectivity index (χ2n) is 5.77. The van der Waals surface area contributed by atoms with Gasteiger partial charge < -0.3 is 5.11 Å². The normalized spacial score (nSPS) is 23.8. The molecule has 0 atom stereocenters. The fourth-order valence-corrected chi connectivity index (χ4v) is 3.45. The highest BCUT2D eigenvalue weighted by atomic mass is 79.9. The van der Waals surface area contributed by atoms with E-state index in [1.54, 1.807) is 6.07 Å². The molecule has 0 unspecified atom stereocenters. The fraction of sp³-hybridized carbons (Fsp3) is 0.625. The minimum Gasteiger partial charge on any atom is -0.508 e. The summed E-state index contributed by atoms with van der Waals surface area (Å²) >= 11 is 3.57. The van der Waals surface area contributed by atoms with Gasteiger partial charge in [0.25, 0.3) is 0 Å². The zero-order valence-electron chi connectivity index (χ0n) is 11.9. The van der Waals surface area contributed by atoms with Gasteiger partial charge in [-0.1, -0.05) is 29.3 Å². The van der Waals surface area contributed by atoms with Crippen molar-refractivity contribution < 1.29 is 5.11 Å². The van der Waals surface area contributed by atoms with Crippen molar-refractivity contribution in [2.24, 2.45) is 5.92 Å². The molecule has 1 aromatic rings. The standard InChI is InChI=1S/C16H24BrNO/c1-3-12-4-6-14(7-5-12)18(2)11-13-10-15(19)8-9-16(13)17/h8-10,12,14,19H,3-7,11H2,1-2H3. The van der Waals surface area contributed by atoms with E-state index in [4.69, 9.17) is 0 Å². The first-order chi connectivity index (χ1) is 9.10. The molecule has 1 fully saturated rings. The van der Waals surface area contributed by atoms with Crippen LogP contribution in [0, 0.1) is 5.92 Å². The third-order valence-corrected chi connectivity index (χ3v) is 5.24. The van der Waals surface area contributed by atoms with E-state index in [1.807, 2.05) is 12.1 Å². The van der Waals surface area contributed by atoms with Crippen LogP contribution in [0.5, 0.6) is 5.75 Å². The van der Waals surface area contributed by atoms with Gasteiger partial charge in [0.05, 0.1) is 0 Å². The topological polar surface area (TPSA) is 23.5 Å². The predicted octanol–water partition coefficient (Wildman–Crippen LogP) is 4.56. The summed E-state index contributed by atoms with van der Waals surface area (Å²) in [4.78, 5) is 2.44. The molecule has 0 aliphatic heterocycles. The lowest BCUT2D eigenvalue weighted by molar-refractivity contribution is 0.157. The number of halogens is 1. The molecule has 0 spiro atoms.